The van der Waals surface area contributed by atoms with Crippen molar-refractivity contribution in [1.82, 2.24) is 4.98 Å². The summed E-state index contributed by atoms with van der Waals surface area (Å²) in [6, 6.07) is 0. The van der Waals surface area contributed by atoms with Gasteiger partial charge in [-0.1, -0.05) is 11.3 Å². The van der Waals surface area contributed by atoms with E-state index in [2.05, 4.69) is 16.2 Å². The summed E-state index contributed by atoms with van der Waals surface area (Å²) in [6.07, 6.45) is 1.93. The Kier molecular flexibility index (Phi) is 3.36. The van der Waals surface area contributed by atoms with Gasteiger partial charge in [0.1, 0.15) is 4.88 Å². The lowest BCUT2D eigenvalue weighted by Crippen LogP contribution is -2.01. The Hall–Kier alpha value is -1.22. The molecule has 14 heavy (non-hydrogen) atoms. The zero-order valence-electron chi connectivity index (χ0n) is 7.06. The van der Waals surface area contributed by atoms with Gasteiger partial charge in [-0.3, -0.25) is 0 Å². The SMILES string of the molecule is C#CCCNc1ncc(C(F)(F)F)s1. The van der Waals surface area contributed by atoms with Gasteiger partial charge in [-0.05, 0) is 0 Å². The van der Waals surface area contributed by atoms with Crippen molar-refractivity contribution in [3.05, 3.63) is 11.1 Å². The quantitative estimate of drug-likeness (QED) is 0.625. The van der Waals surface area contributed by atoms with Gasteiger partial charge < -0.3 is 5.32 Å². The number of anilines is 1. The fourth-order valence-corrected chi connectivity index (χ4v) is 1.44. The highest BCUT2D eigenvalue weighted by Crippen LogP contribution is 2.34. The number of halogens is 3. The molecule has 1 heterocycles. The van der Waals surface area contributed by atoms with Crippen LogP contribution in [0.1, 0.15) is 11.3 Å². The summed E-state index contributed by atoms with van der Waals surface area (Å²) in [7, 11) is 0. The fourth-order valence-electron chi connectivity index (χ4n) is 0.728. The highest BCUT2D eigenvalue weighted by Gasteiger charge is 2.33. The number of alkyl halides is 3. The Bertz CT molecular complexity index is 337. The van der Waals surface area contributed by atoms with Crippen LogP contribution in [0.4, 0.5) is 18.3 Å². The Labute approximate surface area is 83.2 Å². The molecule has 1 aromatic rings. The van der Waals surface area contributed by atoms with E-state index in [1.165, 1.54) is 0 Å². The average Bonchev–Trinajstić information content (AvgIpc) is 2.52. The molecular formula is C8H7F3N2S. The highest BCUT2D eigenvalue weighted by atomic mass is 32.1. The van der Waals surface area contributed by atoms with Crippen LogP contribution in [0.3, 0.4) is 0 Å². The van der Waals surface area contributed by atoms with Crippen molar-refractivity contribution in [2.24, 2.45) is 0 Å². The molecule has 0 aliphatic carbocycles. The molecule has 0 aliphatic rings. The zero-order chi connectivity index (χ0) is 10.6. The van der Waals surface area contributed by atoms with Gasteiger partial charge >= 0.3 is 6.18 Å². The largest absolute Gasteiger partial charge is 0.427 e. The van der Waals surface area contributed by atoms with Crippen molar-refractivity contribution >= 4 is 16.5 Å². The summed E-state index contributed by atoms with van der Waals surface area (Å²) < 4.78 is 36.3. The van der Waals surface area contributed by atoms with E-state index in [0.717, 1.165) is 6.20 Å². The molecule has 1 N–H and O–H groups in total. The molecule has 0 unspecified atom stereocenters. The first kappa shape index (κ1) is 10.9. The van der Waals surface area contributed by atoms with Crippen LogP contribution >= 0.6 is 11.3 Å². The van der Waals surface area contributed by atoms with Crippen LogP contribution in [-0.2, 0) is 6.18 Å². The molecule has 0 aromatic carbocycles. The summed E-state index contributed by atoms with van der Waals surface area (Å²) in [5.74, 6) is 2.37. The Balaban J connectivity index is 2.57. The molecule has 76 valence electrons. The molecule has 0 saturated carbocycles. The van der Waals surface area contributed by atoms with Crippen molar-refractivity contribution in [3.63, 3.8) is 0 Å². The number of nitrogens with zero attached hydrogens (tertiary/aromatic N) is 1. The van der Waals surface area contributed by atoms with Crippen molar-refractivity contribution in [2.75, 3.05) is 11.9 Å². The maximum atomic E-state index is 12.1. The first-order valence-electron chi connectivity index (χ1n) is 3.74. The molecule has 0 radical (unpaired) electrons. The third-order valence-electron chi connectivity index (χ3n) is 1.33. The Morgan fingerprint density at radius 1 is 1.57 bits per heavy atom. The summed E-state index contributed by atoms with van der Waals surface area (Å²) in [4.78, 5) is 2.87. The van der Waals surface area contributed by atoms with Gasteiger partial charge in [0, 0.05) is 13.0 Å². The van der Waals surface area contributed by atoms with Gasteiger partial charge in [0.15, 0.2) is 5.13 Å². The van der Waals surface area contributed by atoms with Crippen molar-refractivity contribution in [2.45, 2.75) is 12.6 Å². The predicted molar refractivity (Wildman–Crippen MR) is 49.1 cm³/mol. The van der Waals surface area contributed by atoms with E-state index in [1.807, 2.05) is 0 Å². The molecule has 1 rings (SSSR count). The van der Waals surface area contributed by atoms with E-state index in [0.29, 0.717) is 24.3 Å². The first-order valence-corrected chi connectivity index (χ1v) is 4.56. The van der Waals surface area contributed by atoms with Gasteiger partial charge in [-0.2, -0.15) is 13.2 Å². The van der Waals surface area contributed by atoms with Crippen LogP contribution in [0.5, 0.6) is 0 Å². The topological polar surface area (TPSA) is 24.9 Å². The van der Waals surface area contributed by atoms with Crippen molar-refractivity contribution in [1.29, 1.82) is 0 Å². The van der Waals surface area contributed by atoms with Crippen LogP contribution in [0.25, 0.3) is 0 Å². The second-order valence-electron chi connectivity index (χ2n) is 2.41. The molecular weight excluding hydrogens is 213 g/mol. The highest BCUT2D eigenvalue weighted by molar-refractivity contribution is 7.15. The molecule has 6 heteroatoms. The predicted octanol–water partition coefficient (Wildman–Crippen LogP) is 2.60. The summed E-state index contributed by atoms with van der Waals surface area (Å²) in [6.45, 7) is 0.432. The molecule has 2 nitrogen and oxygen atoms in total. The standard InChI is InChI=1S/C8H7F3N2S/c1-2-3-4-12-7-13-5-6(14-7)8(9,10)11/h1,5H,3-4H2,(H,12,13). The fraction of sp³-hybridized carbons (Fsp3) is 0.375. The molecule has 0 fully saturated rings. The molecule has 0 aliphatic heterocycles. The Morgan fingerprint density at radius 3 is 2.79 bits per heavy atom. The summed E-state index contributed by atoms with van der Waals surface area (Å²) >= 11 is 0.574. The van der Waals surface area contributed by atoms with Crippen LogP contribution in [0.2, 0.25) is 0 Å². The number of thiazole rings is 1. The number of terminal acetylenes is 1. The van der Waals surface area contributed by atoms with Crippen LogP contribution in [0, 0.1) is 12.3 Å². The number of aromatic nitrogens is 1. The molecule has 0 atom stereocenters. The maximum absolute atomic E-state index is 12.1. The van der Waals surface area contributed by atoms with Crippen molar-refractivity contribution in [3.8, 4) is 12.3 Å². The van der Waals surface area contributed by atoms with E-state index in [1.54, 1.807) is 0 Å². The van der Waals surface area contributed by atoms with Gasteiger partial charge in [0.2, 0.25) is 0 Å². The number of rotatable bonds is 3. The zero-order valence-corrected chi connectivity index (χ0v) is 7.87. The minimum atomic E-state index is -4.32. The monoisotopic (exact) mass is 220 g/mol. The Morgan fingerprint density at radius 2 is 2.29 bits per heavy atom. The number of hydrogen-bond acceptors (Lipinski definition) is 3. The minimum Gasteiger partial charge on any atom is -0.361 e. The lowest BCUT2D eigenvalue weighted by Gasteiger charge is -2.00. The van der Waals surface area contributed by atoms with Gasteiger partial charge in [0.25, 0.3) is 0 Å². The number of hydrogen-bond donors (Lipinski definition) is 1. The van der Waals surface area contributed by atoms with Crippen LogP contribution in [-0.4, -0.2) is 11.5 Å². The smallest absolute Gasteiger partial charge is 0.361 e. The second kappa shape index (κ2) is 4.33. The normalized spacial score (nSPS) is 11.0. The van der Waals surface area contributed by atoms with Gasteiger partial charge in [-0.25, -0.2) is 4.98 Å². The summed E-state index contributed by atoms with van der Waals surface area (Å²) in [5.41, 5.74) is 0. The third-order valence-corrected chi connectivity index (χ3v) is 2.33. The summed E-state index contributed by atoms with van der Waals surface area (Å²) in [5, 5.41) is 2.95. The first-order chi connectivity index (χ1) is 6.54. The molecule has 0 amide bonds. The van der Waals surface area contributed by atoms with Crippen LogP contribution in [0.15, 0.2) is 6.20 Å². The lowest BCUT2D eigenvalue weighted by atomic mass is 10.4. The molecule has 0 spiro atoms. The van der Waals surface area contributed by atoms with Gasteiger partial charge in [-0.15, -0.1) is 12.3 Å². The molecule has 1 aromatic heterocycles. The van der Waals surface area contributed by atoms with Crippen molar-refractivity contribution < 1.29 is 13.2 Å². The third kappa shape index (κ3) is 2.92. The molecule has 0 bridgehead atoms. The maximum Gasteiger partial charge on any atom is 0.427 e. The van der Waals surface area contributed by atoms with Gasteiger partial charge in [0.05, 0.1) is 6.20 Å². The van der Waals surface area contributed by atoms with E-state index >= 15 is 0 Å². The van der Waals surface area contributed by atoms with E-state index < -0.39 is 11.1 Å². The average molecular weight is 220 g/mol. The lowest BCUT2D eigenvalue weighted by molar-refractivity contribution is -0.134. The number of nitrogens with one attached hydrogen (secondary N) is 1. The van der Waals surface area contributed by atoms with E-state index in [9.17, 15) is 13.2 Å². The van der Waals surface area contributed by atoms with Crippen LogP contribution < -0.4 is 5.32 Å². The van der Waals surface area contributed by atoms with E-state index in [4.69, 9.17) is 6.42 Å². The minimum absolute atomic E-state index is 0.243. The second-order valence-corrected chi connectivity index (χ2v) is 3.44. The van der Waals surface area contributed by atoms with E-state index in [-0.39, 0.29) is 5.13 Å². The molecule has 0 saturated heterocycles.